The van der Waals surface area contributed by atoms with Crippen LogP contribution in [0.5, 0.6) is 17.2 Å². The lowest BCUT2D eigenvalue weighted by atomic mass is 9.96. The summed E-state index contributed by atoms with van der Waals surface area (Å²) in [5, 5.41) is 22.1. The van der Waals surface area contributed by atoms with Crippen LogP contribution < -0.4 is 19.5 Å². The van der Waals surface area contributed by atoms with Gasteiger partial charge in [0, 0.05) is 36.2 Å². The van der Waals surface area contributed by atoms with Crippen LogP contribution in [-0.4, -0.2) is 42.7 Å². The number of carbonyl (C=O) groups is 1. The molecular weight excluding hydrogens is 601 g/mol. The zero-order valence-corrected chi connectivity index (χ0v) is 25.8. The molecule has 8 nitrogen and oxygen atoms in total. The quantitative estimate of drug-likeness (QED) is 0.101. The number of aliphatic hydroxyl groups excluding tert-OH is 1. The third kappa shape index (κ3) is 8.71. The fourth-order valence-corrected chi connectivity index (χ4v) is 5.00. The number of carbonyl (C=O) groups excluding carboxylic acids is 1. The third-order valence-electron chi connectivity index (χ3n) is 6.86. The third-order valence-corrected chi connectivity index (χ3v) is 7.54. The Balaban J connectivity index is 1.45. The number of aliphatic hydroxyl groups is 1. The van der Waals surface area contributed by atoms with Gasteiger partial charge in [0.25, 0.3) is 0 Å². The van der Waals surface area contributed by atoms with Crippen molar-refractivity contribution in [1.29, 1.82) is 5.26 Å². The number of nitrogens with zero attached hydrogens (tertiary/aromatic N) is 2. The normalized spacial score (nSPS) is 10.7. The van der Waals surface area contributed by atoms with E-state index >= 15 is 0 Å². The largest absolute Gasteiger partial charge is 0.492 e. The van der Waals surface area contributed by atoms with Crippen molar-refractivity contribution < 1.29 is 24.1 Å². The number of pyridine rings is 1. The Kier molecular flexibility index (Phi) is 12.4. The van der Waals surface area contributed by atoms with Crippen LogP contribution in [0, 0.1) is 18.3 Å². The highest BCUT2D eigenvalue weighted by atomic mass is 35.5. The van der Waals surface area contributed by atoms with E-state index in [4.69, 9.17) is 47.8 Å². The summed E-state index contributed by atoms with van der Waals surface area (Å²) < 4.78 is 18.0. The van der Waals surface area contributed by atoms with Crippen LogP contribution in [0.1, 0.15) is 45.5 Å². The molecule has 0 aliphatic carbocycles. The molecule has 0 saturated heterocycles. The molecule has 44 heavy (non-hydrogen) atoms. The summed E-state index contributed by atoms with van der Waals surface area (Å²) in [6.07, 6.45) is 5.27. The minimum Gasteiger partial charge on any atom is -0.492 e. The fraction of sp³-hybridized carbons (Fsp3) is 0.265. The van der Waals surface area contributed by atoms with E-state index in [1.54, 1.807) is 18.3 Å². The number of benzene rings is 3. The molecule has 4 rings (SSSR count). The van der Waals surface area contributed by atoms with E-state index < -0.39 is 0 Å². The molecule has 4 aromatic rings. The number of halogens is 2. The lowest BCUT2D eigenvalue weighted by Gasteiger charge is -2.17. The van der Waals surface area contributed by atoms with Gasteiger partial charge in [-0.2, -0.15) is 5.26 Å². The van der Waals surface area contributed by atoms with Crippen molar-refractivity contribution >= 4 is 29.5 Å². The Hall–Kier alpha value is -4.13. The van der Waals surface area contributed by atoms with Gasteiger partial charge in [0.15, 0.2) is 6.29 Å². The van der Waals surface area contributed by atoms with Crippen LogP contribution in [0.4, 0.5) is 0 Å². The zero-order chi connectivity index (χ0) is 31.3. The van der Waals surface area contributed by atoms with E-state index in [-0.39, 0.29) is 30.4 Å². The first-order valence-corrected chi connectivity index (χ1v) is 14.9. The van der Waals surface area contributed by atoms with Crippen molar-refractivity contribution in [3.05, 3.63) is 105 Å². The molecule has 0 radical (unpaired) electrons. The summed E-state index contributed by atoms with van der Waals surface area (Å²) in [6.45, 7) is 4.58. The van der Waals surface area contributed by atoms with Crippen molar-refractivity contribution in [2.24, 2.45) is 0 Å². The minimum absolute atomic E-state index is 0.108. The number of aldehydes is 1. The lowest BCUT2D eigenvalue weighted by molar-refractivity contribution is 0.111. The van der Waals surface area contributed by atoms with Crippen molar-refractivity contribution in [1.82, 2.24) is 10.3 Å². The highest BCUT2D eigenvalue weighted by Gasteiger charge is 2.15. The molecule has 0 fully saturated rings. The number of rotatable bonds is 16. The van der Waals surface area contributed by atoms with Crippen molar-refractivity contribution in [3.8, 4) is 34.4 Å². The molecule has 10 heteroatoms. The van der Waals surface area contributed by atoms with Gasteiger partial charge in [-0.25, -0.2) is 0 Å². The first-order valence-electron chi connectivity index (χ1n) is 14.1. The first kappa shape index (κ1) is 32.8. The van der Waals surface area contributed by atoms with E-state index in [0.717, 1.165) is 48.2 Å². The number of ether oxygens (including phenoxy) is 3. The van der Waals surface area contributed by atoms with Crippen LogP contribution in [0.25, 0.3) is 11.1 Å². The van der Waals surface area contributed by atoms with Crippen LogP contribution in [0.2, 0.25) is 10.0 Å². The van der Waals surface area contributed by atoms with Gasteiger partial charge in [-0.05, 0) is 67.7 Å². The Morgan fingerprint density at radius 1 is 0.932 bits per heavy atom. The van der Waals surface area contributed by atoms with E-state index in [2.05, 4.69) is 10.3 Å². The second-order valence-corrected chi connectivity index (χ2v) is 10.7. The number of nitrogens with one attached hydrogen (secondary N) is 1. The minimum atomic E-state index is 0.108. The molecular formula is C34H33Cl2N3O5. The number of aromatic nitrogens is 1. The summed E-state index contributed by atoms with van der Waals surface area (Å²) in [5.74, 6) is 1.28. The SMILES string of the molecule is Cc1c(COc2cc(OCc3cncc(C#N)c3)c(C=O)cc2Cl)cccc1-c1cccc(OCCCNCCCO)c1Cl. The van der Waals surface area contributed by atoms with E-state index in [0.29, 0.717) is 46.3 Å². The monoisotopic (exact) mass is 633 g/mol. The van der Waals surface area contributed by atoms with Gasteiger partial charge in [0.1, 0.15) is 36.5 Å². The smallest absolute Gasteiger partial charge is 0.153 e. The fourth-order valence-electron chi connectivity index (χ4n) is 4.49. The molecule has 0 amide bonds. The Bertz CT molecular complexity index is 1620. The summed E-state index contributed by atoms with van der Waals surface area (Å²) >= 11 is 13.3. The lowest BCUT2D eigenvalue weighted by Crippen LogP contribution is -2.19. The number of hydrogen-bond donors (Lipinski definition) is 2. The summed E-state index contributed by atoms with van der Waals surface area (Å²) in [4.78, 5) is 15.7. The molecule has 1 aromatic heterocycles. The average Bonchev–Trinajstić information content (AvgIpc) is 3.04. The second-order valence-electron chi connectivity index (χ2n) is 9.95. The molecule has 0 aliphatic heterocycles. The Morgan fingerprint density at radius 3 is 2.50 bits per heavy atom. The molecule has 0 unspecified atom stereocenters. The maximum Gasteiger partial charge on any atom is 0.153 e. The molecule has 1 heterocycles. The molecule has 3 aromatic carbocycles. The standard InChI is InChI=1S/C34H33Cl2N3O5/c1-23-26(6-2-7-28(23)29-8-3-9-31(34(29)36)42-13-5-11-38-10-4-12-40)22-44-33-16-32(27(20-41)15-30(33)35)43-21-25-14-24(17-37)18-39-19-25/h2-3,6-9,14-16,18-20,38,40H,4-5,10-13,21-22H2,1H3. The van der Waals surface area contributed by atoms with Gasteiger partial charge < -0.3 is 24.6 Å². The maximum absolute atomic E-state index is 11.7. The van der Waals surface area contributed by atoms with Crippen LogP contribution >= 0.6 is 23.2 Å². The zero-order valence-electron chi connectivity index (χ0n) is 24.3. The van der Waals surface area contributed by atoms with Gasteiger partial charge in [0.2, 0.25) is 0 Å². The van der Waals surface area contributed by atoms with Gasteiger partial charge in [-0.15, -0.1) is 0 Å². The molecule has 228 valence electrons. The number of hydrogen-bond acceptors (Lipinski definition) is 8. The Morgan fingerprint density at radius 2 is 1.70 bits per heavy atom. The van der Waals surface area contributed by atoms with Crippen LogP contribution in [0.3, 0.4) is 0 Å². The molecule has 0 aliphatic rings. The summed E-state index contributed by atoms with van der Waals surface area (Å²) in [6, 6.07) is 18.5. The van der Waals surface area contributed by atoms with Crippen LogP contribution in [0.15, 0.2) is 67.0 Å². The average molecular weight is 635 g/mol. The molecule has 0 atom stereocenters. The van der Waals surface area contributed by atoms with E-state index in [1.165, 1.54) is 12.3 Å². The molecule has 0 saturated carbocycles. The predicted octanol–water partition coefficient (Wildman–Crippen LogP) is 6.95. The van der Waals surface area contributed by atoms with Gasteiger partial charge in [-0.1, -0.05) is 53.5 Å². The topological polar surface area (TPSA) is 114 Å². The van der Waals surface area contributed by atoms with Crippen molar-refractivity contribution in [2.45, 2.75) is 33.0 Å². The number of nitriles is 1. The van der Waals surface area contributed by atoms with Gasteiger partial charge >= 0.3 is 0 Å². The second kappa shape index (κ2) is 16.6. The maximum atomic E-state index is 11.7. The van der Waals surface area contributed by atoms with E-state index in [9.17, 15) is 4.79 Å². The Labute approximate surface area is 267 Å². The summed E-state index contributed by atoms with van der Waals surface area (Å²) in [5.41, 5.74) is 5.09. The predicted molar refractivity (Wildman–Crippen MR) is 171 cm³/mol. The molecule has 0 spiro atoms. The summed E-state index contributed by atoms with van der Waals surface area (Å²) in [7, 11) is 0. The molecule has 2 N–H and O–H groups in total. The highest BCUT2D eigenvalue weighted by Crippen LogP contribution is 2.38. The van der Waals surface area contributed by atoms with E-state index in [1.807, 2.05) is 49.4 Å². The molecule has 0 bridgehead atoms. The van der Waals surface area contributed by atoms with Crippen molar-refractivity contribution in [2.75, 3.05) is 26.3 Å². The van der Waals surface area contributed by atoms with Gasteiger partial charge in [0.05, 0.1) is 27.8 Å². The van der Waals surface area contributed by atoms with Crippen molar-refractivity contribution in [3.63, 3.8) is 0 Å². The first-order chi connectivity index (χ1) is 21.4. The highest BCUT2D eigenvalue weighted by molar-refractivity contribution is 6.35. The van der Waals surface area contributed by atoms with Crippen LogP contribution in [-0.2, 0) is 13.2 Å². The van der Waals surface area contributed by atoms with Gasteiger partial charge in [-0.3, -0.25) is 9.78 Å².